The summed E-state index contributed by atoms with van der Waals surface area (Å²) >= 11 is 0. The van der Waals surface area contributed by atoms with E-state index in [-0.39, 0.29) is 0 Å². The van der Waals surface area contributed by atoms with Gasteiger partial charge in [-0.15, -0.1) is 0 Å². The van der Waals surface area contributed by atoms with E-state index >= 15 is 0 Å². The van der Waals surface area contributed by atoms with Crippen LogP contribution < -0.4 is 10.5 Å². The molecular formula is C12H12N2O2. The molecule has 1 aromatic carbocycles. The number of hydrogen-bond donors (Lipinski definition) is 1. The van der Waals surface area contributed by atoms with Gasteiger partial charge in [-0.25, -0.2) is 0 Å². The lowest BCUT2D eigenvalue weighted by Gasteiger charge is -2.12. The predicted molar refractivity (Wildman–Crippen MR) is 60.8 cm³/mol. The monoisotopic (exact) mass is 216 g/mol. The minimum absolute atomic E-state index is 0.440. The van der Waals surface area contributed by atoms with Crippen molar-refractivity contribution in [3.05, 3.63) is 48.3 Å². The summed E-state index contributed by atoms with van der Waals surface area (Å²) in [5.74, 6) is 0.148. The number of nitrogens with zero attached hydrogens (tertiary/aromatic N) is 1. The maximum absolute atomic E-state index is 11.3. The number of carbonyl (C=O) groups excluding carboxylic acids is 1. The quantitative estimate of drug-likeness (QED) is 0.846. The van der Waals surface area contributed by atoms with E-state index in [9.17, 15) is 4.79 Å². The molecule has 2 aromatic rings. The number of rotatable bonds is 3. The zero-order valence-electron chi connectivity index (χ0n) is 8.88. The SMILES string of the molecule is COc1cccc(C(N)=O)c1-n1cccc1. The topological polar surface area (TPSA) is 57.2 Å². The van der Waals surface area contributed by atoms with E-state index in [4.69, 9.17) is 10.5 Å². The van der Waals surface area contributed by atoms with Gasteiger partial charge < -0.3 is 15.0 Å². The Bertz CT molecular complexity index is 504. The third kappa shape index (κ3) is 1.65. The van der Waals surface area contributed by atoms with Gasteiger partial charge in [0.15, 0.2) is 0 Å². The summed E-state index contributed by atoms with van der Waals surface area (Å²) in [5.41, 5.74) is 6.45. The molecule has 0 bridgehead atoms. The van der Waals surface area contributed by atoms with Crippen molar-refractivity contribution in [1.82, 2.24) is 4.57 Å². The number of primary amides is 1. The summed E-state index contributed by atoms with van der Waals surface area (Å²) in [6.45, 7) is 0. The fraction of sp³-hybridized carbons (Fsp3) is 0.0833. The van der Waals surface area contributed by atoms with E-state index in [1.807, 2.05) is 24.5 Å². The van der Waals surface area contributed by atoms with Crippen LogP contribution in [0.15, 0.2) is 42.7 Å². The fourth-order valence-corrected chi connectivity index (χ4v) is 1.64. The maximum Gasteiger partial charge on any atom is 0.250 e. The van der Waals surface area contributed by atoms with Gasteiger partial charge in [0.1, 0.15) is 11.4 Å². The van der Waals surface area contributed by atoms with Crippen LogP contribution in [0.1, 0.15) is 10.4 Å². The van der Waals surface area contributed by atoms with Crippen molar-refractivity contribution in [2.45, 2.75) is 0 Å². The summed E-state index contributed by atoms with van der Waals surface area (Å²) in [7, 11) is 1.56. The van der Waals surface area contributed by atoms with Gasteiger partial charge in [0.25, 0.3) is 5.91 Å². The van der Waals surface area contributed by atoms with Crippen LogP contribution in [0.3, 0.4) is 0 Å². The van der Waals surface area contributed by atoms with E-state index in [1.165, 1.54) is 0 Å². The highest BCUT2D eigenvalue weighted by Gasteiger charge is 2.13. The van der Waals surface area contributed by atoms with Crippen LogP contribution >= 0.6 is 0 Å². The molecule has 1 aromatic heterocycles. The smallest absolute Gasteiger partial charge is 0.250 e. The van der Waals surface area contributed by atoms with Crippen molar-refractivity contribution in [2.75, 3.05) is 7.11 Å². The number of aromatic nitrogens is 1. The maximum atomic E-state index is 11.3. The van der Waals surface area contributed by atoms with Crippen LogP contribution in [0.2, 0.25) is 0 Å². The molecule has 0 aliphatic rings. The molecule has 0 saturated carbocycles. The number of carbonyl (C=O) groups is 1. The molecule has 0 radical (unpaired) electrons. The van der Waals surface area contributed by atoms with Gasteiger partial charge >= 0.3 is 0 Å². The molecule has 0 saturated heterocycles. The van der Waals surface area contributed by atoms with Crippen molar-refractivity contribution < 1.29 is 9.53 Å². The Morgan fingerprint density at radius 2 is 1.94 bits per heavy atom. The van der Waals surface area contributed by atoms with Crippen LogP contribution in [0.4, 0.5) is 0 Å². The number of ether oxygens (including phenoxy) is 1. The molecule has 4 nitrogen and oxygen atoms in total. The molecule has 0 aliphatic carbocycles. The molecular weight excluding hydrogens is 204 g/mol. The van der Waals surface area contributed by atoms with Crippen LogP contribution in [-0.4, -0.2) is 17.6 Å². The molecule has 82 valence electrons. The van der Waals surface area contributed by atoms with Gasteiger partial charge in [0, 0.05) is 12.4 Å². The molecule has 2 rings (SSSR count). The van der Waals surface area contributed by atoms with Crippen LogP contribution in [0, 0.1) is 0 Å². The van der Waals surface area contributed by atoms with Crippen molar-refractivity contribution in [3.8, 4) is 11.4 Å². The Morgan fingerprint density at radius 3 is 2.50 bits per heavy atom. The Morgan fingerprint density at radius 1 is 1.25 bits per heavy atom. The Labute approximate surface area is 93.3 Å². The summed E-state index contributed by atoms with van der Waals surface area (Å²) in [5, 5.41) is 0. The highest BCUT2D eigenvalue weighted by molar-refractivity contribution is 5.97. The van der Waals surface area contributed by atoms with E-state index in [0.29, 0.717) is 17.0 Å². The average molecular weight is 216 g/mol. The summed E-state index contributed by atoms with van der Waals surface area (Å²) in [6.07, 6.45) is 3.68. The third-order valence-corrected chi connectivity index (χ3v) is 2.35. The Kier molecular flexibility index (Phi) is 2.64. The van der Waals surface area contributed by atoms with Crippen molar-refractivity contribution in [3.63, 3.8) is 0 Å². The minimum atomic E-state index is -0.470. The number of methoxy groups -OCH3 is 1. The summed E-state index contributed by atoms with van der Waals surface area (Å²) in [4.78, 5) is 11.3. The molecule has 0 aliphatic heterocycles. The number of hydrogen-bond acceptors (Lipinski definition) is 2. The minimum Gasteiger partial charge on any atom is -0.495 e. The Hall–Kier alpha value is -2.23. The van der Waals surface area contributed by atoms with Crippen molar-refractivity contribution >= 4 is 5.91 Å². The fourth-order valence-electron chi connectivity index (χ4n) is 1.64. The van der Waals surface area contributed by atoms with E-state index in [2.05, 4.69) is 0 Å². The number of amides is 1. The molecule has 2 N–H and O–H groups in total. The third-order valence-electron chi connectivity index (χ3n) is 2.35. The van der Waals surface area contributed by atoms with Gasteiger partial charge in [-0.3, -0.25) is 4.79 Å². The summed E-state index contributed by atoms with van der Waals surface area (Å²) < 4.78 is 7.04. The van der Waals surface area contributed by atoms with E-state index < -0.39 is 5.91 Å². The number of benzene rings is 1. The van der Waals surface area contributed by atoms with Gasteiger partial charge in [-0.05, 0) is 24.3 Å². The molecule has 0 spiro atoms. The van der Waals surface area contributed by atoms with E-state index in [0.717, 1.165) is 0 Å². The number of para-hydroxylation sites is 1. The molecule has 16 heavy (non-hydrogen) atoms. The summed E-state index contributed by atoms with van der Waals surface area (Å²) in [6, 6.07) is 8.96. The normalized spacial score (nSPS) is 10.1. The second-order valence-corrected chi connectivity index (χ2v) is 3.31. The first kappa shape index (κ1) is 10.3. The first-order valence-corrected chi connectivity index (χ1v) is 4.84. The molecule has 0 fully saturated rings. The second-order valence-electron chi connectivity index (χ2n) is 3.31. The Balaban J connectivity index is 2.68. The lowest BCUT2D eigenvalue weighted by atomic mass is 10.1. The van der Waals surface area contributed by atoms with Gasteiger partial charge in [0.05, 0.1) is 12.7 Å². The van der Waals surface area contributed by atoms with Crippen molar-refractivity contribution in [2.24, 2.45) is 5.73 Å². The van der Waals surface area contributed by atoms with Gasteiger partial charge in [-0.1, -0.05) is 6.07 Å². The van der Waals surface area contributed by atoms with Crippen LogP contribution in [0.25, 0.3) is 5.69 Å². The molecule has 0 atom stereocenters. The zero-order valence-corrected chi connectivity index (χ0v) is 8.88. The lowest BCUT2D eigenvalue weighted by molar-refractivity contribution is 0.1000. The molecule has 1 amide bonds. The van der Waals surface area contributed by atoms with Crippen LogP contribution in [-0.2, 0) is 0 Å². The second kappa shape index (κ2) is 4.10. The molecule has 4 heteroatoms. The molecule has 1 heterocycles. The average Bonchev–Trinajstić information content (AvgIpc) is 2.81. The predicted octanol–water partition coefficient (Wildman–Crippen LogP) is 1.58. The first-order chi connectivity index (χ1) is 7.74. The largest absolute Gasteiger partial charge is 0.495 e. The van der Waals surface area contributed by atoms with E-state index in [1.54, 1.807) is 29.9 Å². The van der Waals surface area contributed by atoms with Crippen molar-refractivity contribution in [1.29, 1.82) is 0 Å². The van der Waals surface area contributed by atoms with Crippen LogP contribution in [0.5, 0.6) is 5.75 Å². The lowest BCUT2D eigenvalue weighted by Crippen LogP contribution is -2.14. The highest BCUT2D eigenvalue weighted by Crippen LogP contribution is 2.26. The number of nitrogens with two attached hydrogens (primary N) is 1. The zero-order chi connectivity index (χ0) is 11.5. The van der Waals surface area contributed by atoms with Gasteiger partial charge in [0.2, 0.25) is 0 Å². The molecule has 0 unspecified atom stereocenters. The highest BCUT2D eigenvalue weighted by atomic mass is 16.5. The van der Waals surface area contributed by atoms with Gasteiger partial charge in [-0.2, -0.15) is 0 Å². The first-order valence-electron chi connectivity index (χ1n) is 4.84. The standard InChI is InChI=1S/C12H12N2O2/c1-16-10-6-4-5-9(12(13)15)11(10)14-7-2-3-8-14/h2-8H,1H3,(H2,13,15).